The molecule has 3 atom stereocenters. The second kappa shape index (κ2) is 10.3. The van der Waals surface area contributed by atoms with Crippen molar-refractivity contribution in [3.63, 3.8) is 0 Å². The highest BCUT2D eigenvalue weighted by atomic mass is 16.7. The third-order valence-corrected chi connectivity index (χ3v) is 3.49. The van der Waals surface area contributed by atoms with Gasteiger partial charge in [-0.05, 0) is 32.1 Å². The van der Waals surface area contributed by atoms with E-state index in [9.17, 15) is 0 Å². The molecule has 0 spiro atoms. The van der Waals surface area contributed by atoms with Crippen molar-refractivity contribution in [3.8, 4) is 0 Å². The molecular weight excluding hydrogens is 272 g/mol. The van der Waals surface area contributed by atoms with Gasteiger partial charge in [-0.15, -0.1) is 6.58 Å². The molecule has 0 radical (unpaired) electrons. The number of ether oxygens (including phenoxy) is 5. The fraction of sp³-hybridized carbons (Fsp3) is 0.875. The fourth-order valence-electron chi connectivity index (χ4n) is 2.20. The van der Waals surface area contributed by atoms with E-state index >= 15 is 0 Å². The monoisotopic (exact) mass is 300 g/mol. The first-order valence-corrected chi connectivity index (χ1v) is 8.03. The normalized spacial score (nSPS) is 26.5. The Hall–Kier alpha value is -0.460. The quantitative estimate of drug-likeness (QED) is 0.314. The zero-order valence-corrected chi connectivity index (χ0v) is 12.8. The van der Waals surface area contributed by atoms with Crippen LogP contribution in [-0.2, 0) is 23.7 Å². The first-order valence-electron chi connectivity index (χ1n) is 8.03. The van der Waals surface area contributed by atoms with Crippen molar-refractivity contribution in [1.82, 2.24) is 0 Å². The summed E-state index contributed by atoms with van der Waals surface area (Å²) >= 11 is 0. The van der Waals surface area contributed by atoms with Crippen molar-refractivity contribution in [2.75, 3.05) is 39.6 Å². The highest BCUT2D eigenvalue weighted by Gasteiger charge is 2.24. The van der Waals surface area contributed by atoms with E-state index in [1.165, 1.54) is 0 Å². The highest BCUT2D eigenvalue weighted by molar-refractivity contribution is 4.69. The molecule has 2 aliphatic rings. The Morgan fingerprint density at radius 3 is 2.76 bits per heavy atom. The van der Waals surface area contributed by atoms with Crippen molar-refractivity contribution in [2.24, 2.45) is 0 Å². The Bertz CT molecular complexity index is 274. The van der Waals surface area contributed by atoms with Crippen molar-refractivity contribution < 1.29 is 23.7 Å². The largest absolute Gasteiger partial charge is 0.379 e. The van der Waals surface area contributed by atoms with Crippen molar-refractivity contribution in [2.45, 2.75) is 50.6 Å². The summed E-state index contributed by atoms with van der Waals surface area (Å²) in [6.07, 6.45) is 7.22. The van der Waals surface area contributed by atoms with Gasteiger partial charge < -0.3 is 23.7 Å². The fourth-order valence-corrected chi connectivity index (χ4v) is 2.20. The molecule has 0 N–H and O–H groups in total. The molecule has 0 amide bonds. The van der Waals surface area contributed by atoms with Crippen LogP contribution in [0.3, 0.4) is 0 Å². The van der Waals surface area contributed by atoms with Crippen LogP contribution in [0.15, 0.2) is 12.7 Å². The first-order chi connectivity index (χ1) is 10.4. The lowest BCUT2D eigenvalue weighted by molar-refractivity contribution is -0.208. The number of epoxide rings is 1. The van der Waals surface area contributed by atoms with Gasteiger partial charge in [-0.3, -0.25) is 0 Å². The molecule has 2 heterocycles. The molecule has 5 nitrogen and oxygen atoms in total. The van der Waals surface area contributed by atoms with Crippen LogP contribution in [-0.4, -0.2) is 58.1 Å². The minimum Gasteiger partial charge on any atom is -0.379 e. The number of unbranched alkanes of at least 4 members (excludes halogenated alkanes) is 1. The highest BCUT2D eigenvalue weighted by Crippen LogP contribution is 2.16. The predicted octanol–water partition coefficient (Wildman–Crippen LogP) is 2.30. The van der Waals surface area contributed by atoms with Crippen LogP contribution in [0.25, 0.3) is 0 Å². The van der Waals surface area contributed by atoms with E-state index in [2.05, 4.69) is 6.58 Å². The molecule has 2 rings (SSSR count). The van der Waals surface area contributed by atoms with Gasteiger partial charge in [0.05, 0.1) is 26.4 Å². The molecule has 0 aromatic rings. The first kappa shape index (κ1) is 16.9. The molecule has 0 saturated carbocycles. The number of hydrogen-bond donors (Lipinski definition) is 0. The van der Waals surface area contributed by atoms with E-state index in [0.717, 1.165) is 51.9 Å². The SMILES string of the molecule is C=CCCCOCC(COCC1CO1)OC1CCCCO1. The summed E-state index contributed by atoms with van der Waals surface area (Å²) in [5.41, 5.74) is 0. The minimum absolute atomic E-state index is 0.0735. The molecule has 5 heteroatoms. The van der Waals surface area contributed by atoms with Gasteiger partial charge in [-0.2, -0.15) is 0 Å². The maximum absolute atomic E-state index is 5.97. The third-order valence-electron chi connectivity index (χ3n) is 3.49. The van der Waals surface area contributed by atoms with Crippen LogP contribution in [0.2, 0.25) is 0 Å². The second-order valence-corrected chi connectivity index (χ2v) is 5.55. The zero-order chi connectivity index (χ0) is 14.8. The summed E-state index contributed by atoms with van der Waals surface area (Å²) in [6, 6.07) is 0. The Balaban J connectivity index is 1.62. The zero-order valence-electron chi connectivity index (χ0n) is 12.8. The molecule has 122 valence electrons. The van der Waals surface area contributed by atoms with Crippen LogP contribution in [0.4, 0.5) is 0 Å². The van der Waals surface area contributed by atoms with Crippen LogP contribution in [0.5, 0.6) is 0 Å². The van der Waals surface area contributed by atoms with E-state index in [0.29, 0.717) is 19.8 Å². The van der Waals surface area contributed by atoms with Gasteiger partial charge in [-0.1, -0.05) is 6.08 Å². The average molecular weight is 300 g/mol. The van der Waals surface area contributed by atoms with Gasteiger partial charge in [0.25, 0.3) is 0 Å². The molecule has 2 saturated heterocycles. The standard InChI is InChI=1S/C16H28O5/c1-2-3-5-8-17-11-15(12-18-10-14-13-20-14)21-16-7-4-6-9-19-16/h2,14-16H,1,3-13H2. The van der Waals surface area contributed by atoms with E-state index < -0.39 is 0 Å². The van der Waals surface area contributed by atoms with E-state index in [1.54, 1.807) is 0 Å². The number of allylic oxidation sites excluding steroid dienone is 1. The molecule has 0 aromatic heterocycles. The van der Waals surface area contributed by atoms with Gasteiger partial charge in [-0.25, -0.2) is 0 Å². The summed E-state index contributed by atoms with van der Waals surface area (Å²) in [5, 5.41) is 0. The van der Waals surface area contributed by atoms with Crippen LogP contribution >= 0.6 is 0 Å². The summed E-state index contributed by atoms with van der Waals surface area (Å²) in [4.78, 5) is 0. The van der Waals surface area contributed by atoms with Gasteiger partial charge in [0.2, 0.25) is 0 Å². The van der Waals surface area contributed by atoms with Gasteiger partial charge >= 0.3 is 0 Å². The topological polar surface area (TPSA) is 49.5 Å². The molecular formula is C16H28O5. The molecule has 2 fully saturated rings. The summed E-state index contributed by atoms with van der Waals surface area (Å²) in [7, 11) is 0. The van der Waals surface area contributed by atoms with Gasteiger partial charge in [0.1, 0.15) is 12.2 Å². The smallest absolute Gasteiger partial charge is 0.158 e. The molecule has 0 bridgehead atoms. The van der Waals surface area contributed by atoms with Crippen molar-refractivity contribution >= 4 is 0 Å². The Morgan fingerprint density at radius 2 is 2.05 bits per heavy atom. The van der Waals surface area contributed by atoms with E-state index in [-0.39, 0.29) is 18.5 Å². The van der Waals surface area contributed by atoms with Crippen molar-refractivity contribution in [3.05, 3.63) is 12.7 Å². The number of rotatable bonds is 12. The maximum Gasteiger partial charge on any atom is 0.158 e. The maximum atomic E-state index is 5.97. The van der Waals surface area contributed by atoms with Crippen molar-refractivity contribution in [1.29, 1.82) is 0 Å². The lowest BCUT2D eigenvalue weighted by Crippen LogP contribution is -2.34. The molecule has 21 heavy (non-hydrogen) atoms. The number of hydrogen-bond acceptors (Lipinski definition) is 5. The Morgan fingerprint density at radius 1 is 1.19 bits per heavy atom. The lowest BCUT2D eigenvalue weighted by Gasteiger charge is -2.27. The van der Waals surface area contributed by atoms with Gasteiger partial charge in [0.15, 0.2) is 6.29 Å². The molecule has 3 unspecified atom stereocenters. The average Bonchev–Trinajstić information content (AvgIpc) is 3.32. The molecule has 0 aliphatic carbocycles. The molecule has 0 aromatic carbocycles. The lowest BCUT2D eigenvalue weighted by atomic mass is 10.2. The van der Waals surface area contributed by atoms with Crippen LogP contribution in [0, 0.1) is 0 Å². The summed E-state index contributed by atoms with van der Waals surface area (Å²) in [5.74, 6) is 0. The predicted molar refractivity (Wildman–Crippen MR) is 79.3 cm³/mol. The third kappa shape index (κ3) is 7.93. The Labute approximate surface area is 127 Å². The van der Waals surface area contributed by atoms with Crippen LogP contribution < -0.4 is 0 Å². The molecule has 2 aliphatic heterocycles. The second-order valence-electron chi connectivity index (χ2n) is 5.55. The van der Waals surface area contributed by atoms with E-state index in [4.69, 9.17) is 23.7 Å². The Kier molecular flexibility index (Phi) is 8.29. The minimum atomic E-state index is -0.110. The van der Waals surface area contributed by atoms with Crippen LogP contribution in [0.1, 0.15) is 32.1 Å². The summed E-state index contributed by atoms with van der Waals surface area (Å²) in [6.45, 7) is 7.75. The summed E-state index contributed by atoms with van der Waals surface area (Å²) < 4.78 is 28.0. The van der Waals surface area contributed by atoms with E-state index in [1.807, 2.05) is 6.08 Å². The van der Waals surface area contributed by atoms with Gasteiger partial charge in [0, 0.05) is 13.2 Å².